The summed E-state index contributed by atoms with van der Waals surface area (Å²) in [4.78, 5) is 12.3. The molecule has 6 nitrogen and oxygen atoms in total. The summed E-state index contributed by atoms with van der Waals surface area (Å²) >= 11 is 0. The van der Waals surface area contributed by atoms with E-state index >= 15 is 0 Å². The zero-order valence-electron chi connectivity index (χ0n) is 5.30. The number of aliphatic hydroxyl groups is 1. The fraction of sp³-hybridized carbons (Fsp3) is 0.750. The number of carboxylic acid groups (broad SMARTS) is 1. The molecule has 0 bridgehead atoms. The zero-order chi connectivity index (χ0) is 8.15. The second-order valence-electron chi connectivity index (χ2n) is 1.73. The summed E-state index contributed by atoms with van der Waals surface area (Å²) in [6.07, 6.45) is -1.61. The van der Waals surface area contributed by atoms with Crippen LogP contribution in [0.4, 0.5) is 0 Å². The van der Waals surface area contributed by atoms with Gasteiger partial charge in [-0.25, -0.2) is 4.79 Å². The normalized spacial score (nSPS) is 15.0. The van der Waals surface area contributed by atoms with Crippen molar-refractivity contribution in [3.05, 3.63) is 10.4 Å². The summed E-state index contributed by atoms with van der Waals surface area (Å²) < 4.78 is 0. The number of rotatable bonds is 3. The Morgan fingerprint density at radius 3 is 2.60 bits per heavy atom. The summed E-state index contributed by atoms with van der Waals surface area (Å²) in [5.74, 6) is -1.39. The Morgan fingerprint density at radius 1 is 1.80 bits per heavy atom. The number of nitrogens with zero attached hydrogens (tertiary/aromatic N) is 3. The Balaban J connectivity index is 4.06. The Bertz CT molecular complexity index is 169. The maximum absolute atomic E-state index is 9.98. The Labute approximate surface area is 56.7 Å². The summed E-state index contributed by atoms with van der Waals surface area (Å²) in [7, 11) is 0. The van der Waals surface area contributed by atoms with Crippen LogP contribution in [-0.4, -0.2) is 28.3 Å². The second kappa shape index (κ2) is 3.71. The molecule has 6 heteroatoms. The molecule has 0 fully saturated rings. The molecular weight excluding hydrogens is 138 g/mol. The topological polar surface area (TPSA) is 106 Å². The van der Waals surface area contributed by atoms with Crippen molar-refractivity contribution in [2.75, 3.05) is 0 Å². The van der Waals surface area contributed by atoms with Gasteiger partial charge in [0, 0.05) is 4.91 Å². The largest absolute Gasteiger partial charge is 0.479 e. The number of aliphatic hydroxyl groups excluding tert-OH is 1. The van der Waals surface area contributed by atoms with E-state index in [2.05, 4.69) is 10.0 Å². The molecule has 10 heavy (non-hydrogen) atoms. The molecule has 0 saturated heterocycles. The summed E-state index contributed by atoms with van der Waals surface area (Å²) in [6.45, 7) is 1.32. The third-order valence-corrected chi connectivity index (χ3v) is 0.944. The third kappa shape index (κ3) is 2.34. The standard InChI is InChI=1S/C4H7N3O3/c1-2(6-7-5)3(8)4(9)10/h2-3,8H,1H3,(H,9,10)/t2-,3-/m1/s1. The van der Waals surface area contributed by atoms with Crippen LogP contribution in [0.3, 0.4) is 0 Å². The molecule has 0 rings (SSSR count). The highest BCUT2D eigenvalue weighted by Crippen LogP contribution is 1.97. The molecule has 0 heterocycles. The van der Waals surface area contributed by atoms with Crippen LogP contribution in [0.25, 0.3) is 10.4 Å². The molecular formula is C4H7N3O3. The zero-order valence-corrected chi connectivity index (χ0v) is 5.30. The molecule has 0 aromatic carbocycles. The predicted octanol–water partition coefficient (Wildman–Crippen LogP) is 0.131. The van der Waals surface area contributed by atoms with E-state index in [9.17, 15) is 4.79 Å². The van der Waals surface area contributed by atoms with Gasteiger partial charge in [0.05, 0.1) is 6.04 Å². The first-order valence-electron chi connectivity index (χ1n) is 2.54. The van der Waals surface area contributed by atoms with Gasteiger partial charge >= 0.3 is 5.97 Å². The minimum absolute atomic E-state index is 0.928. The Kier molecular flexibility index (Phi) is 3.24. The summed E-state index contributed by atoms with van der Waals surface area (Å²) in [6, 6.07) is -0.928. The molecule has 0 aliphatic rings. The molecule has 0 radical (unpaired) electrons. The molecule has 0 aliphatic heterocycles. The van der Waals surface area contributed by atoms with E-state index in [0.29, 0.717) is 0 Å². The minimum atomic E-state index is -1.61. The van der Waals surface area contributed by atoms with Gasteiger partial charge in [-0.3, -0.25) is 0 Å². The van der Waals surface area contributed by atoms with Crippen molar-refractivity contribution < 1.29 is 15.0 Å². The van der Waals surface area contributed by atoms with Gasteiger partial charge in [-0.2, -0.15) is 0 Å². The lowest BCUT2D eigenvalue weighted by Gasteiger charge is -2.06. The van der Waals surface area contributed by atoms with Gasteiger partial charge in [0.25, 0.3) is 0 Å². The fourth-order valence-electron chi connectivity index (χ4n) is 0.351. The average Bonchev–Trinajstić information content (AvgIpc) is 1.87. The molecule has 0 saturated carbocycles. The first-order chi connectivity index (χ1) is 4.59. The van der Waals surface area contributed by atoms with Gasteiger partial charge in [-0.05, 0) is 5.53 Å². The van der Waals surface area contributed by atoms with Gasteiger partial charge < -0.3 is 10.2 Å². The van der Waals surface area contributed by atoms with Crippen molar-refractivity contribution in [1.29, 1.82) is 0 Å². The van der Waals surface area contributed by atoms with Crippen molar-refractivity contribution in [2.45, 2.75) is 19.1 Å². The van der Waals surface area contributed by atoms with E-state index in [-0.39, 0.29) is 0 Å². The second-order valence-corrected chi connectivity index (χ2v) is 1.73. The maximum Gasteiger partial charge on any atom is 0.332 e. The lowest BCUT2D eigenvalue weighted by molar-refractivity contribution is -0.147. The highest BCUT2D eigenvalue weighted by molar-refractivity contribution is 5.72. The fourth-order valence-corrected chi connectivity index (χ4v) is 0.351. The Hall–Kier alpha value is -1.26. The third-order valence-electron chi connectivity index (χ3n) is 0.944. The number of carbonyl (C=O) groups is 1. The van der Waals surface area contributed by atoms with Gasteiger partial charge in [-0.15, -0.1) is 0 Å². The first kappa shape index (κ1) is 8.74. The Morgan fingerprint density at radius 2 is 2.30 bits per heavy atom. The van der Waals surface area contributed by atoms with Crippen LogP contribution in [0.5, 0.6) is 0 Å². The van der Waals surface area contributed by atoms with Crippen LogP contribution in [0.15, 0.2) is 5.11 Å². The van der Waals surface area contributed by atoms with Crippen LogP contribution < -0.4 is 0 Å². The van der Waals surface area contributed by atoms with Crippen LogP contribution in [-0.2, 0) is 4.79 Å². The van der Waals surface area contributed by atoms with E-state index in [1.165, 1.54) is 6.92 Å². The van der Waals surface area contributed by atoms with Crippen molar-refractivity contribution in [2.24, 2.45) is 5.11 Å². The van der Waals surface area contributed by atoms with Gasteiger partial charge in [0.15, 0.2) is 6.10 Å². The summed E-state index contributed by atoms with van der Waals surface area (Å²) in [5, 5.41) is 19.8. The van der Waals surface area contributed by atoms with Crippen molar-refractivity contribution in [1.82, 2.24) is 0 Å². The molecule has 0 aliphatic carbocycles. The molecule has 0 spiro atoms. The number of azide groups is 1. The van der Waals surface area contributed by atoms with Crippen LogP contribution in [0, 0.1) is 0 Å². The van der Waals surface area contributed by atoms with Gasteiger partial charge in [0.1, 0.15) is 0 Å². The molecule has 0 aromatic heterocycles. The first-order valence-corrected chi connectivity index (χ1v) is 2.54. The number of carboxylic acids is 1. The van der Waals surface area contributed by atoms with Crippen molar-refractivity contribution >= 4 is 5.97 Å². The van der Waals surface area contributed by atoms with Crippen molar-refractivity contribution in [3.63, 3.8) is 0 Å². The molecule has 0 unspecified atom stereocenters. The monoisotopic (exact) mass is 145 g/mol. The number of hydrogen-bond donors (Lipinski definition) is 2. The molecule has 0 amide bonds. The molecule has 56 valence electrons. The van der Waals surface area contributed by atoms with Crippen LogP contribution >= 0.6 is 0 Å². The minimum Gasteiger partial charge on any atom is -0.479 e. The van der Waals surface area contributed by atoms with Gasteiger partial charge in [0.2, 0.25) is 0 Å². The highest BCUT2D eigenvalue weighted by Gasteiger charge is 2.19. The molecule has 2 N–H and O–H groups in total. The number of aliphatic carboxylic acids is 1. The van der Waals surface area contributed by atoms with E-state index in [4.69, 9.17) is 15.7 Å². The highest BCUT2D eigenvalue weighted by atomic mass is 16.4. The predicted molar refractivity (Wildman–Crippen MR) is 32.3 cm³/mol. The SMILES string of the molecule is C[C@@H](N=[N+]=[N-])[C@@H](O)C(=O)O. The average molecular weight is 145 g/mol. The van der Waals surface area contributed by atoms with Crippen molar-refractivity contribution in [3.8, 4) is 0 Å². The van der Waals surface area contributed by atoms with Crippen LogP contribution in [0.2, 0.25) is 0 Å². The number of hydrogen-bond acceptors (Lipinski definition) is 3. The summed E-state index contributed by atoms with van der Waals surface area (Å²) in [5.41, 5.74) is 7.82. The lowest BCUT2D eigenvalue weighted by Crippen LogP contribution is -2.29. The van der Waals surface area contributed by atoms with E-state index in [0.717, 1.165) is 0 Å². The van der Waals surface area contributed by atoms with E-state index < -0.39 is 18.1 Å². The maximum atomic E-state index is 9.98. The molecule has 2 atom stereocenters. The van der Waals surface area contributed by atoms with Crippen LogP contribution in [0.1, 0.15) is 6.92 Å². The van der Waals surface area contributed by atoms with Gasteiger partial charge in [-0.1, -0.05) is 12.0 Å². The lowest BCUT2D eigenvalue weighted by atomic mass is 10.2. The smallest absolute Gasteiger partial charge is 0.332 e. The molecule has 0 aromatic rings. The van der Waals surface area contributed by atoms with E-state index in [1.54, 1.807) is 0 Å². The van der Waals surface area contributed by atoms with E-state index in [1.807, 2.05) is 0 Å². The quantitative estimate of drug-likeness (QED) is 0.334.